The predicted octanol–water partition coefficient (Wildman–Crippen LogP) is -2.76. The number of carbonyl (C=O) groups is 2. The minimum atomic E-state index is -1.76. The number of H-pyrrole nitrogens is 2. The van der Waals surface area contributed by atoms with E-state index in [9.17, 15) is 19.2 Å². The molecule has 0 aliphatic rings. The topological polar surface area (TPSA) is 152 Å². The first-order valence-electron chi connectivity index (χ1n) is 4.43. The van der Waals surface area contributed by atoms with Crippen molar-refractivity contribution in [2.75, 3.05) is 6.54 Å². The lowest BCUT2D eigenvalue weighted by atomic mass is 10.3. The normalized spacial score (nSPS) is 11.8. The summed E-state index contributed by atoms with van der Waals surface area (Å²) in [5.74, 6) is -2.40. The fraction of sp³-hybridized carbons (Fsp3) is 0.250. The van der Waals surface area contributed by atoms with Crippen LogP contribution in [-0.2, 0) is 4.79 Å². The number of hydrogen-bond donors (Lipinski definition) is 5. The molecule has 1 heterocycles. The zero-order chi connectivity index (χ0) is 13.0. The van der Waals surface area contributed by atoms with Gasteiger partial charge in [0.2, 0.25) is 0 Å². The molecule has 0 aliphatic heterocycles. The molecule has 1 amide bonds. The summed E-state index contributed by atoms with van der Waals surface area (Å²) in [6.45, 7) is -0.549. The van der Waals surface area contributed by atoms with Gasteiger partial charge in [0.05, 0.1) is 6.54 Å². The molecule has 17 heavy (non-hydrogen) atoms. The van der Waals surface area contributed by atoms with E-state index >= 15 is 0 Å². The summed E-state index contributed by atoms with van der Waals surface area (Å²) >= 11 is 0. The molecule has 5 N–H and O–H groups in total. The van der Waals surface area contributed by atoms with E-state index in [1.54, 1.807) is 0 Å². The van der Waals surface area contributed by atoms with Crippen molar-refractivity contribution in [3.05, 3.63) is 32.6 Å². The highest BCUT2D eigenvalue weighted by atomic mass is 16.4. The maximum Gasteiger partial charge on any atom is 0.334 e. The molecule has 0 unspecified atom stereocenters. The van der Waals surface area contributed by atoms with Crippen LogP contribution in [0.1, 0.15) is 10.4 Å². The molecule has 0 fully saturated rings. The van der Waals surface area contributed by atoms with Crippen LogP contribution in [-0.4, -0.2) is 44.7 Å². The van der Waals surface area contributed by atoms with Gasteiger partial charge in [0, 0.05) is 6.20 Å². The molecule has 9 nitrogen and oxygen atoms in total. The highest BCUT2D eigenvalue weighted by Crippen LogP contribution is 1.86. The smallest absolute Gasteiger partial charge is 0.334 e. The Hall–Kier alpha value is -2.42. The van der Waals surface area contributed by atoms with Gasteiger partial charge in [0.15, 0.2) is 6.10 Å². The first kappa shape index (κ1) is 12.6. The Labute approximate surface area is 93.1 Å². The van der Waals surface area contributed by atoms with E-state index in [1.165, 1.54) is 0 Å². The van der Waals surface area contributed by atoms with Gasteiger partial charge in [0.1, 0.15) is 5.56 Å². The average Bonchev–Trinajstić information content (AvgIpc) is 2.25. The second kappa shape index (κ2) is 5.07. The quantitative estimate of drug-likeness (QED) is 0.386. The Morgan fingerprint density at radius 1 is 1.41 bits per heavy atom. The Bertz CT molecular complexity index is 545. The molecule has 92 valence electrons. The first-order chi connectivity index (χ1) is 7.91. The van der Waals surface area contributed by atoms with Crippen molar-refractivity contribution in [2.24, 2.45) is 0 Å². The van der Waals surface area contributed by atoms with E-state index in [2.05, 4.69) is 4.98 Å². The number of amides is 1. The lowest BCUT2D eigenvalue weighted by Gasteiger charge is -2.06. The number of nitrogens with one attached hydrogen (secondary N) is 3. The van der Waals surface area contributed by atoms with Crippen molar-refractivity contribution in [1.29, 1.82) is 0 Å². The number of carbonyl (C=O) groups excluding carboxylic acids is 1. The highest BCUT2D eigenvalue weighted by molar-refractivity contribution is 5.93. The van der Waals surface area contributed by atoms with Gasteiger partial charge >= 0.3 is 11.7 Å². The third-order valence-corrected chi connectivity index (χ3v) is 1.80. The number of hydrogen-bond acceptors (Lipinski definition) is 5. The average molecular weight is 243 g/mol. The number of carboxylic acids is 1. The molecule has 1 rings (SSSR count). The van der Waals surface area contributed by atoms with E-state index in [-0.39, 0.29) is 5.56 Å². The minimum absolute atomic E-state index is 0.387. The maximum atomic E-state index is 11.3. The monoisotopic (exact) mass is 243 g/mol. The largest absolute Gasteiger partial charge is 0.479 e. The summed E-state index contributed by atoms with van der Waals surface area (Å²) in [4.78, 5) is 47.3. The van der Waals surface area contributed by atoms with Gasteiger partial charge in [-0.3, -0.25) is 14.6 Å². The molecule has 0 saturated heterocycles. The maximum absolute atomic E-state index is 11.3. The van der Waals surface area contributed by atoms with Crippen molar-refractivity contribution in [1.82, 2.24) is 15.3 Å². The highest BCUT2D eigenvalue weighted by Gasteiger charge is 2.16. The van der Waals surface area contributed by atoms with Gasteiger partial charge in [-0.05, 0) is 0 Å². The van der Waals surface area contributed by atoms with Crippen LogP contribution in [0.4, 0.5) is 0 Å². The number of aliphatic hydroxyl groups excluding tert-OH is 1. The molecule has 1 aromatic heterocycles. The zero-order valence-corrected chi connectivity index (χ0v) is 8.39. The number of carboxylic acid groups (broad SMARTS) is 1. The van der Waals surface area contributed by atoms with Crippen LogP contribution in [0.25, 0.3) is 0 Å². The van der Waals surface area contributed by atoms with Crippen molar-refractivity contribution in [2.45, 2.75) is 6.10 Å². The third-order valence-electron chi connectivity index (χ3n) is 1.80. The van der Waals surface area contributed by atoms with Crippen LogP contribution >= 0.6 is 0 Å². The molecule has 9 heteroatoms. The molecule has 0 saturated carbocycles. The molecule has 0 radical (unpaired) electrons. The first-order valence-corrected chi connectivity index (χ1v) is 4.43. The summed E-state index contributed by atoms with van der Waals surface area (Å²) in [5.41, 5.74) is -2.06. The molecule has 0 aliphatic carbocycles. The molecule has 1 atom stereocenters. The van der Waals surface area contributed by atoms with Crippen LogP contribution in [0.5, 0.6) is 0 Å². The van der Waals surface area contributed by atoms with Crippen molar-refractivity contribution in [3.8, 4) is 0 Å². The van der Waals surface area contributed by atoms with Crippen LogP contribution in [0.2, 0.25) is 0 Å². The fourth-order valence-corrected chi connectivity index (χ4v) is 0.950. The van der Waals surface area contributed by atoms with E-state index in [1.807, 2.05) is 10.3 Å². The van der Waals surface area contributed by atoms with Crippen LogP contribution < -0.4 is 16.6 Å². The molecule has 0 spiro atoms. The molecule has 0 bridgehead atoms. The number of aliphatic carboxylic acids is 1. The SMILES string of the molecule is O=C(NC[C@H](O)C(=O)O)c1c[nH]c(=O)[nH]c1=O. The summed E-state index contributed by atoms with van der Waals surface area (Å²) < 4.78 is 0. The lowest BCUT2D eigenvalue weighted by molar-refractivity contribution is -0.146. The molecular weight excluding hydrogens is 234 g/mol. The molecule has 1 aromatic rings. The Morgan fingerprint density at radius 2 is 2.06 bits per heavy atom. The number of rotatable bonds is 4. The van der Waals surface area contributed by atoms with Crippen molar-refractivity contribution < 1.29 is 19.8 Å². The Morgan fingerprint density at radius 3 is 2.59 bits per heavy atom. The van der Waals surface area contributed by atoms with E-state index < -0.39 is 35.8 Å². The zero-order valence-electron chi connectivity index (χ0n) is 8.39. The Kier molecular flexibility index (Phi) is 3.78. The van der Waals surface area contributed by atoms with Crippen molar-refractivity contribution in [3.63, 3.8) is 0 Å². The van der Waals surface area contributed by atoms with E-state index in [0.717, 1.165) is 6.20 Å². The van der Waals surface area contributed by atoms with Crippen LogP contribution in [0.3, 0.4) is 0 Å². The van der Waals surface area contributed by atoms with Gasteiger partial charge in [0.25, 0.3) is 11.5 Å². The van der Waals surface area contributed by atoms with E-state index in [4.69, 9.17) is 10.2 Å². The summed E-state index contributed by atoms with van der Waals surface area (Å²) in [5, 5.41) is 19.2. The summed E-state index contributed by atoms with van der Waals surface area (Å²) in [7, 11) is 0. The number of aliphatic hydroxyl groups is 1. The summed E-state index contributed by atoms with van der Waals surface area (Å²) in [6, 6.07) is 0. The molecule has 0 aromatic carbocycles. The standard InChI is InChI=1S/C8H9N3O6/c12-4(7(15)16)2-9-5(13)3-1-10-8(17)11-6(3)14/h1,4,12H,2H2,(H,9,13)(H,15,16)(H2,10,11,14,17)/t4-/m0/s1. The second-order valence-electron chi connectivity index (χ2n) is 3.05. The van der Waals surface area contributed by atoms with Gasteiger partial charge < -0.3 is 20.5 Å². The van der Waals surface area contributed by atoms with Gasteiger partial charge in [-0.2, -0.15) is 0 Å². The second-order valence-corrected chi connectivity index (χ2v) is 3.05. The van der Waals surface area contributed by atoms with Gasteiger partial charge in [-0.15, -0.1) is 0 Å². The van der Waals surface area contributed by atoms with Crippen LogP contribution in [0.15, 0.2) is 15.8 Å². The fourth-order valence-electron chi connectivity index (χ4n) is 0.950. The van der Waals surface area contributed by atoms with Gasteiger partial charge in [-0.1, -0.05) is 0 Å². The van der Waals surface area contributed by atoms with E-state index in [0.29, 0.717) is 0 Å². The lowest BCUT2D eigenvalue weighted by Crippen LogP contribution is -2.39. The Balaban J connectivity index is 2.74. The molecular formula is C8H9N3O6. The summed E-state index contributed by atoms with van der Waals surface area (Å²) in [6.07, 6.45) is -0.871. The van der Waals surface area contributed by atoms with Gasteiger partial charge in [-0.25, -0.2) is 9.59 Å². The number of aromatic amines is 2. The third kappa shape index (κ3) is 3.28. The minimum Gasteiger partial charge on any atom is -0.479 e. The predicted molar refractivity (Wildman–Crippen MR) is 53.7 cm³/mol. The van der Waals surface area contributed by atoms with Crippen molar-refractivity contribution >= 4 is 11.9 Å². The number of aromatic nitrogens is 2. The van der Waals surface area contributed by atoms with Crippen LogP contribution in [0, 0.1) is 0 Å².